The van der Waals surface area contributed by atoms with Gasteiger partial charge in [-0.1, -0.05) is 12.1 Å². The van der Waals surface area contributed by atoms with Gasteiger partial charge in [-0.25, -0.2) is 0 Å². The van der Waals surface area contributed by atoms with Crippen molar-refractivity contribution in [2.45, 2.75) is 19.4 Å². The third-order valence-corrected chi connectivity index (χ3v) is 3.73. The van der Waals surface area contributed by atoms with Gasteiger partial charge in [-0.15, -0.1) is 0 Å². The molecule has 1 heterocycles. The van der Waals surface area contributed by atoms with Gasteiger partial charge in [-0.2, -0.15) is 0 Å². The Hall–Kier alpha value is -1.59. The number of methoxy groups -OCH3 is 1. The van der Waals surface area contributed by atoms with Crippen LogP contribution >= 0.6 is 0 Å². The average molecular weight is 292 g/mol. The molecule has 0 radical (unpaired) electrons. The third-order valence-electron chi connectivity index (χ3n) is 3.73. The number of nitrogens with zero attached hydrogens (tertiary/aromatic N) is 1. The summed E-state index contributed by atoms with van der Waals surface area (Å²) in [5.74, 6) is 0.854. The number of ether oxygens (including phenoxy) is 2. The number of morpholine rings is 1. The van der Waals surface area contributed by atoms with Crippen LogP contribution in [0.3, 0.4) is 0 Å². The minimum atomic E-state index is -0.407. The van der Waals surface area contributed by atoms with Gasteiger partial charge >= 0.3 is 0 Å². The Bertz CT molecular complexity index is 465. The molecule has 1 amide bonds. The second-order valence-electron chi connectivity index (χ2n) is 5.79. The van der Waals surface area contributed by atoms with Gasteiger partial charge < -0.3 is 14.8 Å². The Morgan fingerprint density at radius 1 is 1.29 bits per heavy atom. The summed E-state index contributed by atoms with van der Waals surface area (Å²) >= 11 is 0. The number of carbonyl (C=O) groups excluding carboxylic acids is 1. The highest BCUT2D eigenvalue weighted by Crippen LogP contribution is 2.22. The SMILES string of the molecule is COc1ccc(C(C)(C)NC(=O)CN2CCOCC2)cc1. The molecule has 5 heteroatoms. The van der Waals surface area contributed by atoms with E-state index in [1.807, 2.05) is 38.1 Å². The minimum Gasteiger partial charge on any atom is -0.497 e. The van der Waals surface area contributed by atoms with Crippen molar-refractivity contribution in [3.05, 3.63) is 29.8 Å². The molecule has 0 bridgehead atoms. The summed E-state index contributed by atoms with van der Waals surface area (Å²) < 4.78 is 10.4. The molecule has 0 unspecified atom stereocenters. The molecule has 5 nitrogen and oxygen atoms in total. The Morgan fingerprint density at radius 2 is 1.90 bits per heavy atom. The molecule has 0 atom stereocenters. The lowest BCUT2D eigenvalue weighted by molar-refractivity contribution is -0.124. The van der Waals surface area contributed by atoms with E-state index in [0.29, 0.717) is 19.8 Å². The Morgan fingerprint density at radius 3 is 2.48 bits per heavy atom. The molecule has 1 aromatic rings. The van der Waals surface area contributed by atoms with Crippen LogP contribution < -0.4 is 10.1 Å². The molecular weight excluding hydrogens is 268 g/mol. The van der Waals surface area contributed by atoms with Gasteiger partial charge in [-0.3, -0.25) is 9.69 Å². The number of benzene rings is 1. The first kappa shape index (κ1) is 15.8. The van der Waals surface area contributed by atoms with E-state index < -0.39 is 5.54 Å². The normalized spacial score (nSPS) is 16.5. The summed E-state index contributed by atoms with van der Waals surface area (Å²) in [5, 5.41) is 3.10. The molecule has 21 heavy (non-hydrogen) atoms. The van der Waals surface area contributed by atoms with Gasteiger partial charge in [0.15, 0.2) is 0 Å². The lowest BCUT2D eigenvalue weighted by atomic mass is 9.94. The van der Waals surface area contributed by atoms with E-state index >= 15 is 0 Å². The Kier molecular flexibility index (Phi) is 5.20. The van der Waals surface area contributed by atoms with Crippen LogP contribution in [0.25, 0.3) is 0 Å². The Labute approximate surface area is 126 Å². The summed E-state index contributed by atoms with van der Waals surface area (Å²) in [6.07, 6.45) is 0. The largest absolute Gasteiger partial charge is 0.497 e. The van der Waals surface area contributed by atoms with Crippen molar-refractivity contribution < 1.29 is 14.3 Å². The number of hydrogen-bond acceptors (Lipinski definition) is 4. The van der Waals surface area contributed by atoms with Crippen molar-refractivity contribution in [1.29, 1.82) is 0 Å². The second kappa shape index (κ2) is 6.91. The zero-order valence-electron chi connectivity index (χ0n) is 13.0. The monoisotopic (exact) mass is 292 g/mol. The van der Waals surface area contributed by atoms with E-state index in [4.69, 9.17) is 9.47 Å². The van der Waals surface area contributed by atoms with Crippen LogP contribution in [0.5, 0.6) is 5.75 Å². The fourth-order valence-electron chi connectivity index (χ4n) is 2.43. The van der Waals surface area contributed by atoms with Gasteiger partial charge in [0, 0.05) is 13.1 Å². The summed E-state index contributed by atoms with van der Waals surface area (Å²) in [4.78, 5) is 14.3. The third kappa shape index (κ3) is 4.44. The van der Waals surface area contributed by atoms with Crippen LogP contribution in [0.4, 0.5) is 0 Å². The highest BCUT2D eigenvalue weighted by Gasteiger charge is 2.24. The van der Waals surface area contributed by atoms with Crippen LogP contribution in [0.15, 0.2) is 24.3 Å². The number of hydrogen-bond donors (Lipinski definition) is 1. The van der Waals surface area contributed by atoms with Crippen molar-refractivity contribution in [3.63, 3.8) is 0 Å². The van der Waals surface area contributed by atoms with Crippen molar-refractivity contribution in [1.82, 2.24) is 10.2 Å². The van der Waals surface area contributed by atoms with E-state index in [1.165, 1.54) is 0 Å². The molecule has 1 aliphatic heterocycles. The number of amides is 1. The molecule has 1 aliphatic rings. The zero-order valence-corrected chi connectivity index (χ0v) is 13.0. The molecule has 116 valence electrons. The number of carbonyl (C=O) groups is 1. The lowest BCUT2D eigenvalue weighted by Gasteiger charge is -2.30. The maximum Gasteiger partial charge on any atom is 0.234 e. The number of nitrogens with one attached hydrogen (secondary N) is 1. The predicted molar refractivity (Wildman–Crippen MR) is 81.4 cm³/mol. The summed E-state index contributed by atoms with van der Waals surface area (Å²) in [6, 6.07) is 7.78. The quantitative estimate of drug-likeness (QED) is 0.891. The first-order valence-corrected chi connectivity index (χ1v) is 7.27. The molecule has 1 N–H and O–H groups in total. The van der Waals surface area contributed by atoms with Gasteiger partial charge in [0.05, 0.1) is 32.4 Å². The van der Waals surface area contributed by atoms with Crippen LogP contribution in [-0.2, 0) is 15.1 Å². The molecule has 1 fully saturated rings. The first-order valence-electron chi connectivity index (χ1n) is 7.27. The lowest BCUT2D eigenvalue weighted by Crippen LogP contribution is -2.48. The molecule has 1 saturated heterocycles. The predicted octanol–water partition coefficient (Wildman–Crippen LogP) is 1.38. The van der Waals surface area contributed by atoms with E-state index in [0.717, 1.165) is 24.4 Å². The smallest absolute Gasteiger partial charge is 0.234 e. The molecule has 0 aromatic heterocycles. The molecule has 1 aromatic carbocycles. The van der Waals surface area contributed by atoms with Crippen LogP contribution in [-0.4, -0.2) is 50.8 Å². The molecular formula is C16H24N2O3. The van der Waals surface area contributed by atoms with Crippen LogP contribution in [0.2, 0.25) is 0 Å². The van der Waals surface area contributed by atoms with E-state index in [2.05, 4.69) is 10.2 Å². The minimum absolute atomic E-state index is 0.0396. The van der Waals surface area contributed by atoms with Gasteiger partial charge in [0.25, 0.3) is 0 Å². The highest BCUT2D eigenvalue weighted by molar-refractivity contribution is 5.79. The zero-order chi connectivity index (χ0) is 15.3. The standard InChI is InChI=1S/C16H24N2O3/c1-16(2,13-4-6-14(20-3)7-5-13)17-15(19)12-18-8-10-21-11-9-18/h4-7H,8-12H2,1-3H3,(H,17,19). The van der Waals surface area contributed by atoms with Gasteiger partial charge in [-0.05, 0) is 31.5 Å². The van der Waals surface area contributed by atoms with Crippen molar-refractivity contribution in [3.8, 4) is 5.75 Å². The maximum absolute atomic E-state index is 12.2. The van der Waals surface area contributed by atoms with Crippen LogP contribution in [0, 0.1) is 0 Å². The summed E-state index contributed by atoms with van der Waals surface area (Å²) in [5.41, 5.74) is 0.647. The van der Waals surface area contributed by atoms with Crippen molar-refractivity contribution in [2.75, 3.05) is 40.0 Å². The van der Waals surface area contributed by atoms with Crippen molar-refractivity contribution >= 4 is 5.91 Å². The summed E-state index contributed by atoms with van der Waals surface area (Å²) in [7, 11) is 1.64. The molecule has 0 aliphatic carbocycles. The molecule has 2 rings (SSSR count). The molecule has 0 saturated carbocycles. The van der Waals surface area contributed by atoms with Crippen LogP contribution in [0.1, 0.15) is 19.4 Å². The van der Waals surface area contributed by atoms with Gasteiger partial charge in [0.1, 0.15) is 5.75 Å². The topological polar surface area (TPSA) is 50.8 Å². The van der Waals surface area contributed by atoms with E-state index in [-0.39, 0.29) is 5.91 Å². The fourth-order valence-corrected chi connectivity index (χ4v) is 2.43. The Balaban J connectivity index is 1.93. The first-order chi connectivity index (χ1) is 10.0. The van der Waals surface area contributed by atoms with Gasteiger partial charge in [0.2, 0.25) is 5.91 Å². The van der Waals surface area contributed by atoms with E-state index in [9.17, 15) is 4.79 Å². The molecule has 0 spiro atoms. The highest BCUT2D eigenvalue weighted by atomic mass is 16.5. The number of rotatable bonds is 5. The summed E-state index contributed by atoms with van der Waals surface area (Å²) in [6.45, 7) is 7.47. The maximum atomic E-state index is 12.2. The average Bonchev–Trinajstić information content (AvgIpc) is 2.47. The fraction of sp³-hybridized carbons (Fsp3) is 0.562. The second-order valence-corrected chi connectivity index (χ2v) is 5.79. The van der Waals surface area contributed by atoms with Crippen molar-refractivity contribution in [2.24, 2.45) is 0 Å². The van der Waals surface area contributed by atoms with E-state index in [1.54, 1.807) is 7.11 Å².